The van der Waals surface area contributed by atoms with Crippen molar-refractivity contribution in [3.8, 4) is 0 Å². The molecule has 2 N–H and O–H groups in total. The first kappa shape index (κ1) is 15.5. The number of benzene rings is 1. The average molecular weight is 287 g/mol. The predicted octanol–water partition coefficient (Wildman–Crippen LogP) is 2.45. The third-order valence-electron chi connectivity index (χ3n) is 2.66. The number of hydrogen-bond acceptors (Lipinski definition) is 4. The molecule has 3 nitrogen and oxygen atoms in total. The molecule has 0 amide bonds. The summed E-state index contributed by atoms with van der Waals surface area (Å²) in [6.07, 6.45) is 2.30. The maximum Gasteiger partial charge on any atom is 0.179 e. The Labute approximate surface area is 114 Å². The number of rotatable bonds is 8. The minimum atomic E-state index is -3.13. The molecule has 0 saturated carbocycles. The zero-order valence-electron chi connectivity index (χ0n) is 10.8. The zero-order valence-corrected chi connectivity index (χ0v) is 12.4. The van der Waals surface area contributed by atoms with E-state index < -0.39 is 9.84 Å². The molecule has 5 heteroatoms. The summed E-state index contributed by atoms with van der Waals surface area (Å²) < 4.78 is 24.0. The first-order valence-electron chi connectivity index (χ1n) is 6.19. The Hall–Kier alpha value is -0.520. The van der Waals surface area contributed by atoms with Gasteiger partial charge in [0, 0.05) is 12.3 Å². The summed E-state index contributed by atoms with van der Waals surface area (Å²) in [5.41, 5.74) is 6.43. The molecule has 0 spiro atoms. The monoisotopic (exact) mass is 287 g/mol. The molecule has 1 aromatic carbocycles. The van der Waals surface area contributed by atoms with Gasteiger partial charge in [0.2, 0.25) is 0 Å². The fraction of sp³-hybridized carbons (Fsp3) is 0.538. The Balaban J connectivity index is 2.51. The van der Waals surface area contributed by atoms with Crippen LogP contribution in [0.4, 0.5) is 0 Å². The average Bonchev–Trinajstić information content (AvgIpc) is 2.38. The van der Waals surface area contributed by atoms with Crippen molar-refractivity contribution in [2.45, 2.75) is 31.2 Å². The Morgan fingerprint density at radius 2 is 1.83 bits per heavy atom. The van der Waals surface area contributed by atoms with Crippen LogP contribution in [0.2, 0.25) is 0 Å². The zero-order chi connectivity index (χ0) is 13.4. The summed E-state index contributed by atoms with van der Waals surface area (Å²) in [5, 5.41) is 0. The lowest BCUT2D eigenvalue weighted by Crippen LogP contribution is -2.09. The van der Waals surface area contributed by atoms with Gasteiger partial charge in [0.05, 0.1) is 10.6 Å². The van der Waals surface area contributed by atoms with Crippen molar-refractivity contribution in [2.24, 2.45) is 5.73 Å². The van der Waals surface area contributed by atoms with E-state index in [1.54, 1.807) is 36.0 Å². The van der Waals surface area contributed by atoms with Crippen LogP contribution in [0.15, 0.2) is 29.2 Å². The molecule has 0 saturated heterocycles. The fourth-order valence-electron chi connectivity index (χ4n) is 1.47. The summed E-state index contributed by atoms with van der Waals surface area (Å²) in [7, 11) is -3.13. The Bertz CT molecular complexity index is 441. The van der Waals surface area contributed by atoms with Crippen molar-refractivity contribution in [3.05, 3.63) is 29.8 Å². The summed E-state index contributed by atoms with van der Waals surface area (Å²) in [6, 6.07) is 6.84. The number of nitrogens with two attached hydrogens (primary N) is 1. The molecule has 18 heavy (non-hydrogen) atoms. The lowest BCUT2D eigenvalue weighted by Gasteiger charge is -2.05. The third-order valence-corrected chi connectivity index (χ3v) is 5.72. The molecular formula is C13H21NO2S2. The number of sulfone groups is 1. The van der Waals surface area contributed by atoms with Crippen LogP contribution < -0.4 is 5.73 Å². The number of unbranched alkanes of at least 4 members (excludes halogenated alkanes) is 1. The molecule has 0 aliphatic heterocycles. The molecule has 0 fully saturated rings. The van der Waals surface area contributed by atoms with E-state index in [4.69, 9.17) is 5.73 Å². The second kappa shape index (κ2) is 7.81. The van der Waals surface area contributed by atoms with Crippen LogP contribution >= 0.6 is 11.8 Å². The van der Waals surface area contributed by atoms with Gasteiger partial charge >= 0.3 is 0 Å². The molecule has 0 unspecified atom stereocenters. The van der Waals surface area contributed by atoms with Gasteiger partial charge in [-0.25, -0.2) is 8.42 Å². The summed E-state index contributed by atoms with van der Waals surface area (Å²) in [4.78, 5) is 0.399. The Kier molecular flexibility index (Phi) is 6.75. The topological polar surface area (TPSA) is 60.2 Å². The minimum Gasteiger partial charge on any atom is -0.326 e. The van der Waals surface area contributed by atoms with Gasteiger partial charge in [-0.05, 0) is 29.9 Å². The smallest absolute Gasteiger partial charge is 0.179 e. The van der Waals surface area contributed by atoms with E-state index in [1.165, 1.54) is 0 Å². The van der Waals surface area contributed by atoms with Crippen LogP contribution in [-0.2, 0) is 16.4 Å². The van der Waals surface area contributed by atoms with Crippen LogP contribution in [0.25, 0.3) is 0 Å². The van der Waals surface area contributed by atoms with Gasteiger partial charge in [-0.2, -0.15) is 11.8 Å². The summed E-state index contributed by atoms with van der Waals surface area (Å²) in [6.45, 7) is 2.57. The van der Waals surface area contributed by atoms with Crippen LogP contribution in [0, 0.1) is 0 Å². The Morgan fingerprint density at radius 1 is 1.17 bits per heavy atom. The van der Waals surface area contributed by atoms with E-state index in [1.807, 2.05) is 0 Å². The second-order valence-electron chi connectivity index (χ2n) is 4.13. The van der Waals surface area contributed by atoms with Crippen molar-refractivity contribution < 1.29 is 8.42 Å². The van der Waals surface area contributed by atoms with E-state index in [0.29, 0.717) is 17.2 Å². The maximum atomic E-state index is 12.0. The van der Waals surface area contributed by atoms with Crippen molar-refractivity contribution in [1.82, 2.24) is 0 Å². The van der Waals surface area contributed by atoms with Gasteiger partial charge in [-0.1, -0.05) is 25.5 Å². The summed E-state index contributed by atoms with van der Waals surface area (Å²) in [5.74, 6) is 1.92. The van der Waals surface area contributed by atoms with Crippen molar-refractivity contribution >= 4 is 21.6 Å². The molecular weight excluding hydrogens is 266 g/mol. The van der Waals surface area contributed by atoms with Crippen LogP contribution in [0.3, 0.4) is 0 Å². The molecule has 0 aliphatic carbocycles. The highest BCUT2D eigenvalue weighted by Gasteiger charge is 2.13. The molecule has 0 radical (unpaired) electrons. The highest BCUT2D eigenvalue weighted by Crippen LogP contribution is 2.14. The first-order valence-corrected chi connectivity index (χ1v) is 9.00. The highest BCUT2D eigenvalue weighted by molar-refractivity contribution is 8.00. The quantitative estimate of drug-likeness (QED) is 0.746. The van der Waals surface area contributed by atoms with Crippen molar-refractivity contribution in [2.75, 3.05) is 17.3 Å². The molecule has 102 valence electrons. The first-order chi connectivity index (χ1) is 8.60. The van der Waals surface area contributed by atoms with Gasteiger partial charge in [0.25, 0.3) is 0 Å². The van der Waals surface area contributed by atoms with Gasteiger partial charge in [0.1, 0.15) is 0 Å². The number of hydrogen-bond donors (Lipinski definition) is 1. The maximum absolute atomic E-state index is 12.0. The van der Waals surface area contributed by atoms with E-state index >= 15 is 0 Å². The van der Waals surface area contributed by atoms with Gasteiger partial charge in [0.15, 0.2) is 9.84 Å². The highest BCUT2D eigenvalue weighted by atomic mass is 32.2. The van der Waals surface area contributed by atoms with Crippen molar-refractivity contribution in [3.63, 3.8) is 0 Å². The van der Waals surface area contributed by atoms with Gasteiger partial charge in [-0.3, -0.25) is 0 Å². The molecule has 0 aliphatic rings. The fourth-order valence-corrected chi connectivity index (χ4v) is 4.30. The molecule has 1 aromatic rings. The molecule has 0 aromatic heterocycles. The summed E-state index contributed by atoms with van der Waals surface area (Å²) >= 11 is 1.71. The largest absolute Gasteiger partial charge is 0.326 e. The third kappa shape index (κ3) is 5.00. The lowest BCUT2D eigenvalue weighted by atomic mass is 10.2. The molecule has 0 atom stereocenters. The molecule has 0 bridgehead atoms. The van der Waals surface area contributed by atoms with E-state index in [9.17, 15) is 8.42 Å². The predicted molar refractivity (Wildman–Crippen MR) is 78.6 cm³/mol. The van der Waals surface area contributed by atoms with Gasteiger partial charge in [-0.15, -0.1) is 0 Å². The van der Waals surface area contributed by atoms with Crippen molar-refractivity contribution in [1.29, 1.82) is 0 Å². The standard InChI is InChI=1S/C13H21NO2S2/c1-2-3-8-17-9-10-18(15,16)13-6-4-12(11-14)5-7-13/h4-7H,2-3,8-11,14H2,1H3. The molecule has 1 rings (SSSR count). The van der Waals surface area contributed by atoms with Crippen LogP contribution in [0.5, 0.6) is 0 Å². The lowest BCUT2D eigenvalue weighted by molar-refractivity contribution is 0.597. The Morgan fingerprint density at radius 3 is 2.39 bits per heavy atom. The second-order valence-corrected chi connectivity index (χ2v) is 7.47. The minimum absolute atomic E-state index is 0.212. The van der Waals surface area contributed by atoms with E-state index in [2.05, 4.69) is 6.92 Å². The van der Waals surface area contributed by atoms with Crippen LogP contribution in [-0.4, -0.2) is 25.7 Å². The SMILES string of the molecule is CCCCSCCS(=O)(=O)c1ccc(CN)cc1. The van der Waals surface area contributed by atoms with E-state index in [0.717, 1.165) is 24.2 Å². The van der Waals surface area contributed by atoms with E-state index in [-0.39, 0.29) is 5.75 Å². The normalized spacial score (nSPS) is 11.7. The number of thioether (sulfide) groups is 1. The van der Waals surface area contributed by atoms with Gasteiger partial charge < -0.3 is 5.73 Å². The molecule has 0 heterocycles. The van der Waals surface area contributed by atoms with Crippen LogP contribution in [0.1, 0.15) is 25.3 Å².